The second-order valence-corrected chi connectivity index (χ2v) is 5.19. The number of hydrogen-bond acceptors (Lipinski definition) is 2. The number of halogens is 3. The molecule has 0 aliphatic carbocycles. The van der Waals surface area contributed by atoms with Gasteiger partial charge in [-0.3, -0.25) is 9.09 Å². The molecule has 0 fully saturated rings. The smallest absolute Gasteiger partial charge is 0.324 e. The number of hydrogen-bond donors (Lipinski definition) is 1. The normalized spacial score (nSPS) is 18.5. The SMILES string of the molecule is CCCCP(=O)(O)OC(CC)C(F)(F)F. The van der Waals surface area contributed by atoms with Gasteiger partial charge in [0.2, 0.25) is 0 Å². The monoisotopic (exact) mass is 248 g/mol. The van der Waals surface area contributed by atoms with Crippen LogP contribution in [0.2, 0.25) is 0 Å². The van der Waals surface area contributed by atoms with Crippen LogP contribution in [0.4, 0.5) is 13.2 Å². The predicted molar refractivity (Wildman–Crippen MR) is 50.8 cm³/mol. The summed E-state index contributed by atoms with van der Waals surface area (Å²) in [5, 5.41) is 0. The molecule has 0 radical (unpaired) electrons. The van der Waals surface area contributed by atoms with E-state index in [0.717, 1.165) is 0 Å². The molecule has 0 aliphatic rings. The molecule has 0 aromatic heterocycles. The Balaban J connectivity index is 4.34. The third kappa shape index (κ3) is 6.17. The lowest BCUT2D eigenvalue weighted by atomic mass is 10.3. The van der Waals surface area contributed by atoms with Gasteiger partial charge in [0, 0.05) is 6.16 Å². The van der Waals surface area contributed by atoms with E-state index < -0.39 is 19.9 Å². The van der Waals surface area contributed by atoms with Crippen molar-refractivity contribution in [2.24, 2.45) is 0 Å². The minimum atomic E-state index is -4.58. The molecule has 0 aromatic rings. The molecule has 0 saturated heterocycles. The largest absolute Gasteiger partial charge is 0.415 e. The third-order valence-electron chi connectivity index (χ3n) is 1.82. The second-order valence-electron chi connectivity index (χ2n) is 3.26. The molecule has 7 heteroatoms. The van der Waals surface area contributed by atoms with E-state index in [1.165, 1.54) is 6.92 Å². The van der Waals surface area contributed by atoms with E-state index in [-0.39, 0.29) is 12.6 Å². The Kier molecular flexibility index (Phi) is 5.85. The van der Waals surface area contributed by atoms with Gasteiger partial charge in [0.05, 0.1) is 0 Å². The highest BCUT2D eigenvalue weighted by Gasteiger charge is 2.43. The summed E-state index contributed by atoms with van der Waals surface area (Å²) in [6.07, 6.45) is -6.31. The minimum absolute atomic E-state index is 0.226. The summed E-state index contributed by atoms with van der Waals surface area (Å²) in [4.78, 5) is 9.14. The second kappa shape index (κ2) is 5.87. The van der Waals surface area contributed by atoms with Crippen LogP contribution in [-0.4, -0.2) is 23.3 Å². The maximum Gasteiger partial charge on any atom is 0.415 e. The van der Waals surface area contributed by atoms with Crippen molar-refractivity contribution in [1.29, 1.82) is 0 Å². The van der Waals surface area contributed by atoms with Crippen molar-refractivity contribution in [2.75, 3.05) is 6.16 Å². The lowest BCUT2D eigenvalue weighted by Gasteiger charge is -2.22. The maximum atomic E-state index is 12.2. The van der Waals surface area contributed by atoms with Gasteiger partial charge in [0.1, 0.15) is 0 Å². The molecular weight excluding hydrogens is 232 g/mol. The van der Waals surface area contributed by atoms with E-state index >= 15 is 0 Å². The molecule has 3 nitrogen and oxygen atoms in total. The first-order valence-electron chi connectivity index (χ1n) is 4.80. The van der Waals surface area contributed by atoms with Crippen LogP contribution in [0.1, 0.15) is 33.1 Å². The number of rotatable bonds is 6. The molecule has 1 N–H and O–H groups in total. The predicted octanol–water partition coefficient (Wildman–Crippen LogP) is 3.33. The Labute approximate surface area is 87.2 Å². The molecule has 2 unspecified atom stereocenters. The van der Waals surface area contributed by atoms with E-state index in [4.69, 9.17) is 4.89 Å². The first-order valence-corrected chi connectivity index (χ1v) is 6.56. The summed E-state index contributed by atoms with van der Waals surface area (Å²) in [6.45, 7) is 3.04. The molecule has 0 heterocycles. The summed E-state index contributed by atoms with van der Waals surface area (Å²) in [5.74, 6) is 0. The van der Waals surface area contributed by atoms with Gasteiger partial charge >= 0.3 is 13.8 Å². The minimum Gasteiger partial charge on any atom is -0.324 e. The fraction of sp³-hybridized carbons (Fsp3) is 1.00. The van der Waals surface area contributed by atoms with Gasteiger partial charge in [0.25, 0.3) is 0 Å². The molecule has 0 rings (SSSR count). The van der Waals surface area contributed by atoms with Crippen LogP contribution in [0.5, 0.6) is 0 Å². The van der Waals surface area contributed by atoms with Gasteiger partial charge in [-0.2, -0.15) is 13.2 Å². The van der Waals surface area contributed by atoms with Gasteiger partial charge in [-0.1, -0.05) is 20.3 Å². The number of alkyl halides is 3. The van der Waals surface area contributed by atoms with Crippen molar-refractivity contribution in [1.82, 2.24) is 0 Å². The van der Waals surface area contributed by atoms with Gasteiger partial charge in [0.15, 0.2) is 6.10 Å². The summed E-state index contributed by atoms with van der Waals surface area (Å²) >= 11 is 0. The first-order chi connectivity index (χ1) is 6.73. The Morgan fingerprint density at radius 3 is 2.27 bits per heavy atom. The molecule has 0 saturated carbocycles. The topological polar surface area (TPSA) is 46.5 Å². The highest BCUT2D eigenvalue weighted by atomic mass is 31.2. The van der Waals surface area contributed by atoms with Crippen molar-refractivity contribution < 1.29 is 27.2 Å². The van der Waals surface area contributed by atoms with Crippen molar-refractivity contribution in [3.63, 3.8) is 0 Å². The lowest BCUT2D eigenvalue weighted by molar-refractivity contribution is -0.197. The van der Waals surface area contributed by atoms with Crippen LogP contribution in [-0.2, 0) is 9.09 Å². The quantitative estimate of drug-likeness (QED) is 0.733. The summed E-state index contributed by atoms with van der Waals surface area (Å²) in [7, 11) is -4.10. The van der Waals surface area contributed by atoms with E-state index in [2.05, 4.69) is 4.52 Å². The van der Waals surface area contributed by atoms with Gasteiger partial charge in [-0.25, -0.2) is 0 Å². The molecular formula is C8H16F3O3P. The lowest BCUT2D eigenvalue weighted by Crippen LogP contribution is -2.30. The molecule has 0 spiro atoms. The van der Waals surface area contributed by atoms with Crippen LogP contribution in [0.15, 0.2) is 0 Å². The zero-order chi connectivity index (χ0) is 12.1. The molecule has 0 bridgehead atoms. The fourth-order valence-electron chi connectivity index (χ4n) is 0.975. The van der Waals surface area contributed by atoms with Crippen LogP contribution < -0.4 is 0 Å². The van der Waals surface area contributed by atoms with Gasteiger partial charge in [-0.05, 0) is 12.8 Å². The van der Waals surface area contributed by atoms with Gasteiger partial charge < -0.3 is 4.89 Å². The highest BCUT2D eigenvalue weighted by molar-refractivity contribution is 7.52. The molecule has 92 valence electrons. The molecule has 0 aliphatic heterocycles. The molecule has 15 heavy (non-hydrogen) atoms. The average Bonchev–Trinajstić information content (AvgIpc) is 2.09. The van der Waals surface area contributed by atoms with E-state index in [1.54, 1.807) is 6.92 Å². The molecule has 0 aromatic carbocycles. The maximum absolute atomic E-state index is 12.2. The first kappa shape index (κ1) is 14.9. The average molecular weight is 248 g/mol. The summed E-state index contributed by atoms with van der Waals surface area (Å²) in [6, 6.07) is 0. The molecule has 2 atom stereocenters. The van der Waals surface area contributed by atoms with Gasteiger partial charge in [-0.15, -0.1) is 0 Å². The van der Waals surface area contributed by atoms with Crippen molar-refractivity contribution in [3.8, 4) is 0 Å². The highest BCUT2D eigenvalue weighted by Crippen LogP contribution is 2.47. The van der Waals surface area contributed by atoms with Crippen LogP contribution in [0.25, 0.3) is 0 Å². The Bertz CT molecular complexity index is 230. The zero-order valence-electron chi connectivity index (χ0n) is 8.75. The fourth-order valence-corrected chi connectivity index (χ4v) is 2.46. The van der Waals surface area contributed by atoms with Crippen molar-refractivity contribution in [2.45, 2.75) is 45.4 Å². The Morgan fingerprint density at radius 2 is 1.93 bits per heavy atom. The zero-order valence-corrected chi connectivity index (χ0v) is 9.65. The van der Waals surface area contributed by atoms with E-state index in [9.17, 15) is 17.7 Å². The Morgan fingerprint density at radius 1 is 1.40 bits per heavy atom. The van der Waals surface area contributed by atoms with E-state index in [0.29, 0.717) is 12.8 Å². The van der Waals surface area contributed by atoms with Crippen LogP contribution in [0.3, 0.4) is 0 Å². The van der Waals surface area contributed by atoms with E-state index in [1.807, 2.05) is 0 Å². The van der Waals surface area contributed by atoms with Crippen molar-refractivity contribution >= 4 is 7.60 Å². The van der Waals surface area contributed by atoms with Crippen LogP contribution in [0, 0.1) is 0 Å². The third-order valence-corrected chi connectivity index (χ3v) is 3.29. The molecule has 0 amide bonds. The Hall–Kier alpha value is -0.0600. The van der Waals surface area contributed by atoms with Crippen LogP contribution >= 0.6 is 7.60 Å². The summed E-state index contributed by atoms with van der Waals surface area (Å²) in [5.41, 5.74) is 0. The standard InChI is InChI=1S/C8H16F3O3P/c1-3-5-6-15(12,13)14-7(4-2)8(9,10)11/h7H,3-6H2,1-2H3,(H,12,13). The van der Waals surface area contributed by atoms with Crippen molar-refractivity contribution in [3.05, 3.63) is 0 Å². The summed E-state index contributed by atoms with van der Waals surface area (Å²) < 4.78 is 52.1. The number of unbranched alkanes of at least 4 members (excludes halogenated alkanes) is 1.